The summed E-state index contributed by atoms with van der Waals surface area (Å²) in [6, 6.07) is 7.84. The van der Waals surface area contributed by atoms with Crippen LogP contribution in [0.1, 0.15) is 5.56 Å². The number of methoxy groups -OCH3 is 1. The predicted octanol–water partition coefficient (Wildman–Crippen LogP) is 1.43. The minimum atomic E-state index is 0.589. The van der Waals surface area contributed by atoms with Crippen LogP contribution in [0.3, 0.4) is 0 Å². The number of ether oxygens (including phenoxy) is 2. The first kappa shape index (κ1) is 12.6. The van der Waals surface area contributed by atoms with Crippen molar-refractivity contribution in [2.75, 3.05) is 26.8 Å². The second kappa shape index (κ2) is 7.75. The van der Waals surface area contributed by atoms with Crippen molar-refractivity contribution in [3.8, 4) is 18.1 Å². The van der Waals surface area contributed by atoms with Gasteiger partial charge in [0.1, 0.15) is 5.75 Å². The van der Waals surface area contributed by atoms with E-state index in [1.54, 1.807) is 7.11 Å². The van der Waals surface area contributed by atoms with Gasteiger partial charge in [0.05, 0.1) is 26.9 Å². The molecular formula is C13H17NO2. The molecule has 1 aromatic carbocycles. The Morgan fingerprint density at radius 1 is 1.31 bits per heavy atom. The van der Waals surface area contributed by atoms with E-state index in [-0.39, 0.29) is 0 Å². The molecule has 0 heterocycles. The minimum Gasteiger partial charge on any atom is -0.497 e. The molecule has 0 aliphatic carbocycles. The van der Waals surface area contributed by atoms with Gasteiger partial charge in [-0.05, 0) is 17.7 Å². The summed E-state index contributed by atoms with van der Waals surface area (Å²) in [7, 11) is 1.66. The minimum absolute atomic E-state index is 0.589. The van der Waals surface area contributed by atoms with Crippen LogP contribution >= 0.6 is 0 Å². The molecule has 0 amide bonds. The van der Waals surface area contributed by atoms with Gasteiger partial charge in [0.2, 0.25) is 0 Å². The first-order chi connectivity index (χ1) is 7.86. The second-order valence-electron chi connectivity index (χ2n) is 3.28. The van der Waals surface area contributed by atoms with Crippen LogP contribution in [0.25, 0.3) is 0 Å². The molecule has 0 saturated carbocycles. The van der Waals surface area contributed by atoms with E-state index < -0.39 is 0 Å². The van der Waals surface area contributed by atoms with E-state index in [1.807, 2.05) is 24.3 Å². The Hall–Kier alpha value is -1.50. The summed E-state index contributed by atoms with van der Waals surface area (Å²) in [5.74, 6) is 3.37. The van der Waals surface area contributed by atoms with E-state index in [1.165, 1.54) is 0 Å². The molecule has 0 fully saturated rings. The number of terminal acetylenes is 1. The quantitative estimate of drug-likeness (QED) is 0.556. The van der Waals surface area contributed by atoms with Crippen molar-refractivity contribution in [3.63, 3.8) is 0 Å². The molecule has 1 rings (SSSR count). The van der Waals surface area contributed by atoms with Gasteiger partial charge >= 0.3 is 0 Å². The van der Waals surface area contributed by atoms with Crippen LogP contribution in [0, 0.1) is 12.3 Å². The fourth-order valence-corrected chi connectivity index (χ4v) is 1.22. The lowest BCUT2D eigenvalue weighted by molar-refractivity contribution is 0.123. The third-order valence-electron chi connectivity index (χ3n) is 2.08. The van der Waals surface area contributed by atoms with Gasteiger partial charge in [-0.3, -0.25) is 0 Å². The van der Waals surface area contributed by atoms with Crippen molar-refractivity contribution < 1.29 is 9.47 Å². The number of hydrogen-bond acceptors (Lipinski definition) is 3. The highest BCUT2D eigenvalue weighted by Crippen LogP contribution is 2.11. The smallest absolute Gasteiger partial charge is 0.118 e. The lowest BCUT2D eigenvalue weighted by Gasteiger charge is -2.05. The summed E-state index contributed by atoms with van der Waals surface area (Å²) in [5, 5.41) is 3.06. The first-order valence-electron chi connectivity index (χ1n) is 5.21. The van der Waals surface area contributed by atoms with Crippen LogP contribution in [0.15, 0.2) is 24.3 Å². The standard InChI is InChI=1S/C13H17NO2/c1-3-8-14-9-10-16-11-12-4-6-13(15-2)7-5-12/h1,4-7,14H,8-11H2,2H3. The molecule has 0 saturated heterocycles. The van der Waals surface area contributed by atoms with Crippen molar-refractivity contribution >= 4 is 0 Å². The molecule has 3 heteroatoms. The van der Waals surface area contributed by atoms with Gasteiger partial charge < -0.3 is 14.8 Å². The third-order valence-corrected chi connectivity index (χ3v) is 2.08. The van der Waals surface area contributed by atoms with Gasteiger partial charge in [0.25, 0.3) is 0 Å². The third kappa shape index (κ3) is 4.83. The van der Waals surface area contributed by atoms with Gasteiger partial charge in [-0.2, -0.15) is 0 Å². The Kier molecular flexibility index (Phi) is 6.09. The molecule has 0 spiro atoms. The molecule has 86 valence electrons. The van der Waals surface area contributed by atoms with Crippen molar-refractivity contribution in [1.29, 1.82) is 0 Å². The Morgan fingerprint density at radius 3 is 2.69 bits per heavy atom. The van der Waals surface area contributed by atoms with Crippen LogP contribution in [0.5, 0.6) is 5.75 Å². The molecule has 0 aliphatic heterocycles. The average molecular weight is 219 g/mol. The molecule has 0 aliphatic rings. The summed E-state index contributed by atoms with van der Waals surface area (Å²) < 4.78 is 10.5. The molecule has 1 aromatic rings. The average Bonchev–Trinajstić information content (AvgIpc) is 2.34. The number of nitrogens with one attached hydrogen (secondary N) is 1. The van der Waals surface area contributed by atoms with Gasteiger partial charge in [-0.25, -0.2) is 0 Å². The summed E-state index contributed by atoms with van der Waals surface area (Å²) in [4.78, 5) is 0. The zero-order valence-corrected chi connectivity index (χ0v) is 9.53. The van der Waals surface area contributed by atoms with Crippen molar-refractivity contribution in [2.45, 2.75) is 6.61 Å². The van der Waals surface area contributed by atoms with Crippen LogP contribution in [0.4, 0.5) is 0 Å². The van der Waals surface area contributed by atoms with E-state index in [0.717, 1.165) is 17.9 Å². The van der Waals surface area contributed by atoms with Gasteiger partial charge in [0.15, 0.2) is 0 Å². The maximum Gasteiger partial charge on any atom is 0.118 e. The maximum absolute atomic E-state index is 5.47. The zero-order valence-electron chi connectivity index (χ0n) is 9.53. The molecule has 0 bridgehead atoms. The Balaban J connectivity index is 2.15. The molecule has 3 nitrogen and oxygen atoms in total. The Morgan fingerprint density at radius 2 is 2.06 bits per heavy atom. The Labute approximate surface area is 96.8 Å². The normalized spacial score (nSPS) is 9.75. The van der Waals surface area contributed by atoms with Crippen LogP contribution in [-0.4, -0.2) is 26.8 Å². The van der Waals surface area contributed by atoms with E-state index in [0.29, 0.717) is 19.8 Å². The monoisotopic (exact) mass is 219 g/mol. The maximum atomic E-state index is 5.47. The fraction of sp³-hybridized carbons (Fsp3) is 0.385. The largest absolute Gasteiger partial charge is 0.497 e. The molecule has 0 aromatic heterocycles. The van der Waals surface area contributed by atoms with Crippen molar-refractivity contribution in [2.24, 2.45) is 0 Å². The summed E-state index contributed by atoms with van der Waals surface area (Å²) >= 11 is 0. The van der Waals surface area contributed by atoms with Gasteiger partial charge in [-0.1, -0.05) is 18.1 Å². The molecule has 0 radical (unpaired) electrons. The highest BCUT2D eigenvalue weighted by molar-refractivity contribution is 5.26. The van der Waals surface area contributed by atoms with Crippen molar-refractivity contribution in [3.05, 3.63) is 29.8 Å². The second-order valence-corrected chi connectivity index (χ2v) is 3.28. The lowest BCUT2D eigenvalue weighted by atomic mass is 10.2. The predicted molar refractivity (Wildman–Crippen MR) is 64.4 cm³/mol. The number of benzene rings is 1. The van der Waals surface area contributed by atoms with Crippen LogP contribution in [0.2, 0.25) is 0 Å². The highest BCUT2D eigenvalue weighted by atomic mass is 16.5. The fourth-order valence-electron chi connectivity index (χ4n) is 1.22. The number of rotatable bonds is 7. The van der Waals surface area contributed by atoms with Gasteiger partial charge in [0, 0.05) is 6.54 Å². The molecule has 16 heavy (non-hydrogen) atoms. The molecular weight excluding hydrogens is 202 g/mol. The summed E-state index contributed by atoms with van der Waals surface area (Å²) in [6.45, 7) is 2.64. The Bertz CT molecular complexity index is 327. The topological polar surface area (TPSA) is 30.5 Å². The summed E-state index contributed by atoms with van der Waals surface area (Å²) in [6.07, 6.45) is 5.10. The highest BCUT2D eigenvalue weighted by Gasteiger charge is 1.94. The lowest BCUT2D eigenvalue weighted by Crippen LogP contribution is -2.19. The molecule has 1 N–H and O–H groups in total. The SMILES string of the molecule is C#CCNCCOCc1ccc(OC)cc1. The number of hydrogen-bond donors (Lipinski definition) is 1. The van der Waals surface area contributed by atoms with E-state index in [9.17, 15) is 0 Å². The van der Waals surface area contributed by atoms with Gasteiger partial charge in [-0.15, -0.1) is 6.42 Å². The summed E-state index contributed by atoms with van der Waals surface area (Å²) in [5.41, 5.74) is 1.14. The van der Waals surface area contributed by atoms with E-state index in [4.69, 9.17) is 15.9 Å². The van der Waals surface area contributed by atoms with E-state index >= 15 is 0 Å². The van der Waals surface area contributed by atoms with E-state index in [2.05, 4.69) is 11.2 Å². The zero-order chi connectivity index (χ0) is 11.6. The molecule has 0 atom stereocenters. The van der Waals surface area contributed by atoms with Crippen molar-refractivity contribution in [1.82, 2.24) is 5.32 Å². The van der Waals surface area contributed by atoms with Crippen LogP contribution < -0.4 is 10.1 Å². The molecule has 0 unspecified atom stereocenters. The van der Waals surface area contributed by atoms with Crippen LogP contribution in [-0.2, 0) is 11.3 Å². The first-order valence-corrected chi connectivity index (χ1v) is 5.21.